The van der Waals surface area contributed by atoms with E-state index < -0.39 is 29.8 Å². The Morgan fingerprint density at radius 3 is 2.47 bits per heavy atom. The molecule has 0 aliphatic heterocycles. The summed E-state index contributed by atoms with van der Waals surface area (Å²) in [5, 5.41) is 11.3. The number of hydrogen-bond acceptors (Lipinski definition) is 7. The maximum absolute atomic E-state index is 13.2. The summed E-state index contributed by atoms with van der Waals surface area (Å²) in [6.07, 6.45) is -3.38. The minimum Gasteiger partial charge on any atom is -0.405 e. The number of para-hydroxylation sites is 1. The third-order valence-electron chi connectivity index (χ3n) is 5.82. The molecular weight excluding hydrogens is 497 g/mol. The number of rotatable bonds is 8. The van der Waals surface area contributed by atoms with Gasteiger partial charge in [0.1, 0.15) is 5.69 Å². The number of nitrogens with two attached hydrogens (primary N) is 1. The van der Waals surface area contributed by atoms with Crippen LogP contribution < -0.4 is 11.1 Å². The molecule has 0 radical (unpaired) electrons. The molecule has 38 heavy (non-hydrogen) atoms. The number of pyridine rings is 1. The van der Waals surface area contributed by atoms with E-state index in [0.29, 0.717) is 31.0 Å². The van der Waals surface area contributed by atoms with Gasteiger partial charge in [-0.15, -0.1) is 0 Å². The van der Waals surface area contributed by atoms with Crippen molar-refractivity contribution >= 4 is 29.6 Å². The molecule has 4 N–H and O–H groups in total. The lowest BCUT2D eigenvalue weighted by Gasteiger charge is -2.14. The minimum absolute atomic E-state index is 0.0577. The molecule has 2 aromatic carbocycles. The Morgan fingerprint density at radius 1 is 1.16 bits per heavy atom. The van der Waals surface area contributed by atoms with Crippen molar-refractivity contribution in [1.82, 2.24) is 4.98 Å². The van der Waals surface area contributed by atoms with Crippen molar-refractivity contribution in [2.24, 2.45) is 15.7 Å². The summed E-state index contributed by atoms with van der Waals surface area (Å²) in [6, 6.07) is 17.0. The molecule has 1 saturated carbocycles. The number of benzene rings is 2. The van der Waals surface area contributed by atoms with Crippen molar-refractivity contribution in [3.63, 3.8) is 0 Å². The van der Waals surface area contributed by atoms with Gasteiger partial charge in [0.05, 0.1) is 11.3 Å². The lowest BCUT2D eigenvalue weighted by atomic mass is 10.0. The van der Waals surface area contributed by atoms with Gasteiger partial charge in [0.2, 0.25) is 12.1 Å². The second-order valence-corrected chi connectivity index (χ2v) is 8.52. The average Bonchev–Trinajstić information content (AvgIpc) is 3.76. The van der Waals surface area contributed by atoms with Crippen LogP contribution in [0.2, 0.25) is 0 Å². The minimum atomic E-state index is -4.56. The number of carbonyl (C=O) groups is 1. The van der Waals surface area contributed by atoms with Gasteiger partial charge in [0.15, 0.2) is 6.29 Å². The molecular formula is C27H25F3N6O2. The van der Waals surface area contributed by atoms with E-state index in [0.717, 1.165) is 22.9 Å². The van der Waals surface area contributed by atoms with Crippen LogP contribution >= 0.6 is 0 Å². The zero-order valence-corrected chi connectivity index (χ0v) is 20.4. The first-order valence-electron chi connectivity index (χ1n) is 11.7. The van der Waals surface area contributed by atoms with Gasteiger partial charge in [-0.25, -0.2) is 9.98 Å². The first-order valence-corrected chi connectivity index (χ1v) is 11.7. The normalized spacial score (nSPS) is 15.1. The fourth-order valence-corrected chi connectivity index (χ4v) is 3.87. The monoisotopic (exact) mass is 522 g/mol. The summed E-state index contributed by atoms with van der Waals surface area (Å²) in [6.45, 7) is 0. The van der Waals surface area contributed by atoms with E-state index in [-0.39, 0.29) is 17.2 Å². The van der Waals surface area contributed by atoms with Crippen LogP contribution in [0.25, 0.3) is 0 Å². The number of aliphatic imine (C=N–C) groups is 2. The highest BCUT2D eigenvalue weighted by Crippen LogP contribution is 2.43. The second kappa shape index (κ2) is 11.2. The number of ether oxygens (including phenoxy) is 1. The number of halogens is 3. The quantitative estimate of drug-likeness (QED) is 0.224. The lowest BCUT2D eigenvalue weighted by molar-refractivity contribution is -0.137. The molecule has 1 heterocycles. The number of aromatic nitrogens is 1. The summed E-state index contributed by atoms with van der Waals surface area (Å²) < 4.78 is 44.8. The Kier molecular flexibility index (Phi) is 7.85. The number of alkyl halides is 3. The summed E-state index contributed by atoms with van der Waals surface area (Å²) in [5.41, 5.74) is 7.88. The van der Waals surface area contributed by atoms with E-state index in [4.69, 9.17) is 15.9 Å². The topological polar surface area (TPSA) is 126 Å². The van der Waals surface area contributed by atoms with Gasteiger partial charge >= 0.3 is 6.18 Å². The Morgan fingerprint density at radius 2 is 1.84 bits per heavy atom. The number of aldehydes is 1. The van der Waals surface area contributed by atoms with E-state index in [1.165, 1.54) is 0 Å². The third-order valence-corrected chi connectivity index (χ3v) is 5.82. The highest BCUT2D eigenvalue weighted by atomic mass is 19.4. The van der Waals surface area contributed by atoms with Crippen LogP contribution in [0.4, 0.5) is 18.9 Å². The van der Waals surface area contributed by atoms with Crippen molar-refractivity contribution in [1.29, 1.82) is 5.41 Å². The van der Waals surface area contributed by atoms with Crippen LogP contribution in [-0.4, -0.2) is 42.1 Å². The summed E-state index contributed by atoms with van der Waals surface area (Å²) in [5.74, 6) is -0.714. The lowest BCUT2D eigenvalue weighted by Crippen LogP contribution is -2.25. The zero-order chi connectivity index (χ0) is 27.3. The maximum atomic E-state index is 13.2. The predicted octanol–water partition coefficient (Wildman–Crippen LogP) is 4.74. The molecule has 1 unspecified atom stereocenters. The molecule has 1 aliphatic carbocycles. The van der Waals surface area contributed by atoms with Crippen molar-refractivity contribution in [3.8, 4) is 0 Å². The van der Waals surface area contributed by atoms with Crippen LogP contribution in [0.15, 0.2) is 76.8 Å². The molecule has 1 atom stereocenters. The summed E-state index contributed by atoms with van der Waals surface area (Å²) >= 11 is 0. The molecule has 0 spiro atoms. The number of carbonyl (C=O) groups excluding carboxylic acids is 1. The van der Waals surface area contributed by atoms with E-state index in [2.05, 4.69) is 20.3 Å². The number of anilines is 1. The molecule has 1 aliphatic rings. The number of hydrogen-bond donors (Lipinski definition) is 3. The first kappa shape index (κ1) is 26.5. The largest absolute Gasteiger partial charge is 0.417 e. The third kappa shape index (κ3) is 6.23. The molecule has 0 amide bonds. The number of nitrogens with zero attached hydrogens (tertiary/aromatic N) is 3. The van der Waals surface area contributed by atoms with Crippen molar-refractivity contribution in [2.75, 3.05) is 12.4 Å². The molecule has 196 valence electrons. The van der Waals surface area contributed by atoms with Gasteiger partial charge in [0.25, 0.3) is 6.02 Å². The first-order chi connectivity index (χ1) is 18.2. The van der Waals surface area contributed by atoms with Crippen molar-refractivity contribution < 1.29 is 22.7 Å². The smallest absolute Gasteiger partial charge is 0.405 e. The molecule has 11 heteroatoms. The SMILES string of the molecule is CNc1ccccc1C(=NC(C=O)N=C(N)OC(=N)c1ncc(C(F)(F)F)cc1C1CC1)c1ccccc1. The van der Waals surface area contributed by atoms with Gasteiger partial charge in [0, 0.05) is 30.1 Å². The Labute approximate surface area is 217 Å². The molecule has 8 nitrogen and oxygen atoms in total. The Balaban J connectivity index is 1.63. The molecule has 3 aromatic rings. The van der Waals surface area contributed by atoms with Gasteiger partial charge in [-0.05, 0) is 36.5 Å². The molecule has 1 fully saturated rings. The van der Waals surface area contributed by atoms with Gasteiger partial charge in [-0.3, -0.25) is 15.2 Å². The van der Waals surface area contributed by atoms with Gasteiger partial charge in [-0.1, -0.05) is 48.5 Å². The number of amidine groups is 1. The van der Waals surface area contributed by atoms with Crippen LogP contribution in [0.5, 0.6) is 0 Å². The van der Waals surface area contributed by atoms with E-state index >= 15 is 0 Å². The standard InChI is InChI=1S/C27H25F3N6O2/c1-33-21-10-6-5-9-19(21)23(17-7-3-2-4-8-17)35-22(15-37)36-26(32)38-25(31)24-20(16-11-12-16)13-18(14-34-24)27(28,29)30/h2-10,13-16,22,31,33H,11-12H2,1H3,(H2,32,36). The Hall–Kier alpha value is -4.54. The Bertz CT molecular complexity index is 1390. The summed E-state index contributed by atoms with van der Waals surface area (Å²) in [7, 11) is 1.76. The van der Waals surface area contributed by atoms with Gasteiger partial charge in [-0.2, -0.15) is 13.2 Å². The molecule has 4 rings (SSSR count). The average molecular weight is 523 g/mol. The summed E-state index contributed by atoms with van der Waals surface area (Å²) in [4.78, 5) is 24.2. The fourth-order valence-electron chi connectivity index (χ4n) is 3.87. The van der Waals surface area contributed by atoms with Gasteiger partial charge < -0.3 is 15.8 Å². The van der Waals surface area contributed by atoms with Crippen LogP contribution in [0.3, 0.4) is 0 Å². The second-order valence-electron chi connectivity index (χ2n) is 8.52. The highest BCUT2D eigenvalue weighted by Gasteiger charge is 2.35. The van der Waals surface area contributed by atoms with E-state index in [9.17, 15) is 18.0 Å². The van der Waals surface area contributed by atoms with Crippen molar-refractivity contribution in [2.45, 2.75) is 31.1 Å². The molecule has 0 bridgehead atoms. The van der Waals surface area contributed by atoms with E-state index in [1.807, 2.05) is 54.6 Å². The zero-order valence-electron chi connectivity index (χ0n) is 20.4. The van der Waals surface area contributed by atoms with Crippen LogP contribution in [0.1, 0.15) is 46.7 Å². The maximum Gasteiger partial charge on any atom is 0.417 e. The predicted molar refractivity (Wildman–Crippen MR) is 139 cm³/mol. The van der Waals surface area contributed by atoms with E-state index in [1.54, 1.807) is 7.05 Å². The van der Waals surface area contributed by atoms with Crippen LogP contribution in [0, 0.1) is 5.41 Å². The fraction of sp³-hybridized carbons (Fsp3) is 0.222. The highest BCUT2D eigenvalue weighted by molar-refractivity contribution is 6.16. The van der Waals surface area contributed by atoms with Crippen molar-refractivity contribution in [3.05, 3.63) is 94.8 Å². The number of nitrogens with one attached hydrogen (secondary N) is 2. The molecule has 0 saturated heterocycles. The van der Waals surface area contributed by atoms with Crippen LogP contribution in [-0.2, 0) is 15.7 Å². The molecule has 1 aromatic heterocycles.